The quantitative estimate of drug-likeness (QED) is 0.311. The summed E-state index contributed by atoms with van der Waals surface area (Å²) in [6, 6.07) is 0. The average molecular weight is 606 g/mol. The van der Waals surface area contributed by atoms with Gasteiger partial charge in [0.25, 0.3) is 5.69 Å². The Morgan fingerprint density at radius 1 is 0.647 bits per heavy atom. The van der Waals surface area contributed by atoms with E-state index in [9.17, 15) is 0 Å². The van der Waals surface area contributed by atoms with Gasteiger partial charge >= 0.3 is 0 Å². The lowest BCUT2D eigenvalue weighted by atomic mass is 9.97. The first-order chi connectivity index (χ1) is 15.8. The number of hydrogen-bond donors (Lipinski definition) is 0. The summed E-state index contributed by atoms with van der Waals surface area (Å²) < 4.78 is 35.6. The first-order valence-corrected chi connectivity index (χ1v) is 19.9. The Morgan fingerprint density at radius 3 is 1.41 bits per heavy atom. The van der Waals surface area contributed by atoms with Crippen LogP contribution in [0.4, 0.5) is 0 Å². The fourth-order valence-corrected chi connectivity index (χ4v) is 12.2. The predicted octanol–water partition coefficient (Wildman–Crippen LogP) is 7.05. The van der Waals surface area contributed by atoms with Gasteiger partial charge in [0, 0.05) is 50.4 Å². The second-order valence-corrected chi connectivity index (χ2v) is 22.5. The molecule has 0 radical (unpaired) electrons. The average Bonchev–Trinajstić information content (AvgIpc) is 2.74. The van der Waals surface area contributed by atoms with Gasteiger partial charge in [-0.3, -0.25) is 0 Å². The molecule has 3 saturated heterocycles. The van der Waals surface area contributed by atoms with E-state index in [0.29, 0.717) is 55.1 Å². The van der Waals surface area contributed by atoms with Crippen molar-refractivity contribution in [3.63, 3.8) is 0 Å². The molecule has 1 aromatic rings. The van der Waals surface area contributed by atoms with Crippen molar-refractivity contribution in [2.75, 3.05) is 39.6 Å². The van der Waals surface area contributed by atoms with Gasteiger partial charge in [0.05, 0.1) is 39.6 Å². The second-order valence-electron chi connectivity index (χ2n) is 10.5. The van der Waals surface area contributed by atoms with Crippen LogP contribution in [0.2, 0.25) is 0 Å². The van der Waals surface area contributed by atoms with E-state index in [1.165, 1.54) is 34.1 Å². The zero-order chi connectivity index (χ0) is 24.6. The highest BCUT2D eigenvalue weighted by molar-refractivity contribution is 8.67. The zero-order valence-electron chi connectivity index (χ0n) is 20.0. The SMILES string of the molecule is CC1(C)COP(Sc2nc(SP3OCC(C)(C)CO3)nc(SP3(=S)OCC(C)(C)CO3)n2)OC1. The maximum absolute atomic E-state index is 5.97. The third-order valence-electron chi connectivity index (χ3n) is 4.55. The lowest BCUT2D eigenvalue weighted by molar-refractivity contribution is 0.0671. The van der Waals surface area contributed by atoms with Crippen LogP contribution in [0.15, 0.2) is 15.5 Å². The summed E-state index contributed by atoms with van der Waals surface area (Å²) in [6.45, 7) is 16.2. The molecule has 3 aliphatic heterocycles. The monoisotopic (exact) mass is 605 g/mol. The molecule has 0 unspecified atom stereocenters. The van der Waals surface area contributed by atoms with E-state index < -0.39 is 20.8 Å². The van der Waals surface area contributed by atoms with Gasteiger partial charge < -0.3 is 27.1 Å². The lowest BCUT2D eigenvalue weighted by Crippen LogP contribution is -2.28. The molecule has 0 bridgehead atoms. The van der Waals surface area contributed by atoms with E-state index in [0.717, 1.165) is 0 Å². The van der Waals surface area contributed by atoms with Crippen LogP contribution < -0.4 is 0 Å². The fourth-order valence-electron chi connectivity index (χ4n) is 2.49. The van der Waals surface area contributed by atoms with Crippen LogP contribution in [-0.2, 0) is 38.9 Å². The molecular formula is C18H30N3O6P3S4. The van der Waals surface area contributed by atoms with Crippen LogP contribution in [0.25, 0.3) is 0 Å². The van der Waals surface area contributed by atoms with Gasteiger partial charge in [-0.1, -0.05) is 41.5 Å². The molecule has 3 aliphatic rings. The van der Waals surface area contributed by atoms with Gasteiger partial charge in [-0.2, -0.15) is 15.0 Å². The largest absolute Gasteiger partial charge is 0.325 e. The van der Waals surface area contributed by atoms with E-state index in [-0.39, 0.29) is 16.2 Å². The van der Waals surface area contributed by atoms with Crippen molar-refractivity contribution in [3.8, 4) is 0 Å². The minimum absolute atomic E-state index is 0.00477. The van der Waals surface area contributed by atoms with Crippen LogP contribution >= 0.6 is 55.0 Å². The molecule has 0 aliphatic carbocycles. The van der Waals surface area contributed by atoms with Gasteiger partial charge in [-0.25, -0.2) is 0 Å². The van der Waals surface area contributed by atoms with E-state index in [1.807, 2.05) is 0 Å². The molecule has 3 fully saturated rings. The molecule has 0 N–H and O–H groups in total. The van der Waals surface area contributed by atoms with Crippen LogP contribution in [0.3, 0.4) is 0 Å². The fraction of sp³-hybridized carbons (Fsp3) is 0.833. The Labute approximate surface area is 220 Å². The molecule has 4 heterocycles. The van der Waals surface area contributed by atoms with Gasteiger partial charge in [0.15, 0.2) is 0 Å². The summed E-state index contributed by atoms with van der Waals surface area (Å²) in [7, 11) is -2.40. The Bertz CT molecular complexity index is 862. The first-order valence-electron chi connectivity index (χ1n) is 10.6. The lowest BCUT2D eigenvalue weighted by Gasteiger charge is -2.35. The number of hydrogen-bond acceptors (Lipinski definition) is 13. The van der Waals surface area contributed by atoms with Crippen LogP contribution in [0.1, 0.15) is 41.5 Å². The van der Waals surface area contributed by atoms with Crippen molar-refractivity contribution in [3.05, 3.63) is 0 Å². The van der Waals surface area contributed by atoms with Crippen molar-refractivity contribution >= 4 is 66.8 Å². The maximum atomic E-state index is 5.97. The van der Waals surface area contributed by atoms with E-state index in [4.69, 9.17) is 38.9 Å². The molecule has 16 heteroatoms. The molecule has 4 rings (SSSR count). The highest BCUT2D eigenvalue weighted by Gasteiger charge is 2.36. The Kier molecular flexibility index (Phi) is 9.34. The maximum Gasteiger partial charge on any atom is 0.255 e. The first kappa shape index (κ1) is 28.3. The molecule has 0 atom stereocenters. The van der Waals surface area contributed by atoms with Gasteiger partial charge in [0.1, 0.15) is 0 Å². The summed E-state index contributed by atoms with van der Waals surface area (Å²) in [4.78, 5) is 13.9. The number of nitrogens with zero attached hydrogens (tertiary/aromatic N) is 3. The van der Waals surface area contributed by atoms with Crippen LogP contribution in [0, 0.1) is 16.2 Å². The smallest absolute Gasteiger partial charge is 0.255 e. The predicted molar refractivity (Wildman–Crippen MR) is 143 cm³/mol. The normalized spacial score (nSPS) is 26.9. The standard InChI is InChI=1S/C18H30N3O6P3S4/c1-16(2)7-22-28(23-8-16)32-13-19-14(33-29-24-9-17(3,4)10-25-29)21-15(20-13)34-30(31)26-11-18(5,6)12-27-30/h7-12H2,1-6H3. The Hall–Kier alpha value is 1.33. The topological polar surface area (TPSA) is 94.1 Å². The molecule has 9 nitrogen and oxygen atoms in total. The van der Waals surface area contributed by atoms with Gasteiger partial charge in [-0.05, 0) is 11.8 Å². The summed E-state index contributed by atoms with van der Waals surface area (Å²) >= 11 is 9.73. The zero-order valence-corrected chi connectivity index (χ0v) is 26.0. The van der Waals surface area contributed by atoms with E-state index in [2.05, 4.69) is 56.5 Å². The summed E-state index contributed by atoms with van der Waals surface area (Å²) in [5.74, 6) is 0. The molecule has 0 amide bonds. The summed E-state index contributed by atoms with van der Waals surface area (Å²) in [5, 5.41) is 1.48. The van der Waals surface area contributed by atoms with Crippen molar-refractivity contribution in [1.29, 1.82) is 0 Å². The van der Waals surface area contributed by atoms with Crippen LogP contribution in [0.5, 0.6) is 0 Å². The number of aromatic nitrogens is 3. The van der Waals surface area contributed by atoms with E-state index in [1.54, 1.807) is 0 Å². The van der Waals surface area contributed by atoms with E-state index >= 15 is 0 Å². The molecule has 192 valence electrons. The molecule has 0 spiro atoms. The van der Waals surface area contributed by atoms with Crippen molar-refractivity contribution < 1.29 is 27.1 Å². The highest BCUT2D eigenvalue weighted by Crippen LogP contribution is 2.67. The minimum Gasteiger partial charge on any atom is -0.325 e. The number of rotatable bonds is 6. The molecular weight excluding hydrogens is 575 g/mol. The third-order valence-corrected chi connectivity index (χ3v) is 14.6. The molecule has 1 aromatic heterocycles. The summed E-state index contributed by atoms with van der Waals surface area (Å²) in [5.41, 5.74) is -2.69. The molecule has 34 heavy (non-hydrogen) atoms. The van der Waals surface area contributed by atoms with Crippen molar-refractivity contribution in [2.24, 2.45) is 16.2 Å². The second kappa shape index (κ2) is 11.2. The van der Waals surface area contributed by atoms with Gasteiger partial charge in [-0.15, -0.1) is 0 Å². The molecule has 0 aromatic carbocycles. The van der Waals surface area contributed by atoms with Crippen molar-refractivity contribution in [1.82, 2.24) is 15.0 Å². The Balaban J connectivity index is 1.49. The van der Waals surface area contributed by atoms with Gasteiger partial charge in [0.2, 0.25) is 30.6 Å². The van der Waals surface area contributed by atoms with Crippen LogP contribution in [-0.4, -0.2) is 54.6 Å². The summed E-state index contributed by atoms with van der Waals surface area (Å²) in [6.07, 6.45) is 0. The third kappa shape index (κ3) is 8.42. The molecule has 0 saturated carbocycles. The highest BCUT2D eigenvalue weighted by atomic mass is 32.9. The van der Waals surface area contributed by atoms with Crippen molar-refractivity contribution in [2.45, 2.75) is 57.0 Å². The Morgan fingerprint density at radius 2 is 1.00 bits per heavy atom. The minimum atomic E-state index is -2.61.